The van der Waals surface area contributed by atoms with Gasteiger partial charge in [0.15, 0.2) is 0 Å². The summed E-state index contributed by atoms with van der Waals surface area (Å²) in [7, 11) is 1.45. The standard InChI is InChI=1S/C29H35F3N4O4/c1-39-25-15-23-20(14-24(25)36-27(37)21-3-2-4-26(35-21)29(30,31)32)13-22(34-23)19-5-9-28(38,10-6-19)17-40-16-18-7-11-33-12-8-18/h2-4,13-15,18-19,22,33,38H,5-12,16-17H2,1H3,(H,36,37). The number of hydrogen-bond acceptors (Lipinski definition) is 7. The van der Waals surface area contributed by atoms with Gasteiger partial charge in [-0.1, -0.05) is 12.1 Å². The maximum Gasteiger partial charge on any atom is 0.433 e. The van der Waals surface area contributed by atoms with Gasteiger partial charge in [-0.3, -0.25) is 9.79 Å². The number of carbonyl (C=O) groups excluding carboxylic acids is 1. The number of benzene rings is 1. The molecule has 216 valence electrons. The van der Waals surface area contributed by atoms with Crippen LogP contribution in [0.2, 0.25) is 0 Å². The number of hydrogen-bond donors (Lipinski definition) is 3. The van der Waals surface area contributed by atoms with Crippen molar-refractivity contribution in [2.75, 3.05) is 38.7 Å². The third kappa shape index (κ3) is 6.64. The smallest absolute Gasteiger partial charge is 0.433 e. The molecule has 1 saturated carbocycles. The van der Waals surface area contributed by atoms with E-state index in [0.29, 0.717) is 43.4 Å². The number of anilines is 1. The van der Waals surface area contributed by atoms with Gasteiger partial charge in [-0.15, -0.1) is 0 Å². The summed E-state index contributed by atoms with van der Waals surface area (Å²) in [6.07, 6.45) is 2.53. The average molecular weight is 561 g/mol. The number of nitrogens with zero attached hydrogens (tertiary/aromatic N) is 2. The maximum atomic E-state index is 13.0. The normalized spacial score (nSPS) is 25.0. The number of alkyl halides is 3. The SMILES string of the molecule is COc1cc2c(cc1NC(=O)c1cccc(C(F)(F)F)n1)=CC(C1CCC(O)(COCC3CCNCC3)CC1)N=2. The molecular formula is C29H35F3N4O4. The number of rotatable bonds is 8. The molecule has 1 unspecified atom stereocenters. The van der Waals surface area contributed by atoms with Gasteiger partial charge >= 0.3 is 6.18 Å². The molecule has 2 aliphatic heterocycles. The minimum Gasteiger partial charge on any atom is -0.494 e. The van der Waals surface area contributed by atoms with E-state index in [1.807, 2.05) is 6.08 Å². The zero-order valence-corrected chi connectivity index (χ0v) is 22.5. The molecule has 40 heavy (non-hydrogen) atoms. The minimum atomic E-state index is -4.65. The molecule has 3 N–H and O–H groups in total. The van der Waals surface area contributed by atoms with Crippen molar-refractivity contribution < 1.29 is 32.5 Å². The Bertz CT molecular complexity index is 1340. The number of pyridine rings is 1. The summed E-state index contributed by atoms with van der Waals surface area (Å²) in [5, 5.41) is 18.6. The molecule has 1 aliphatic carbocycles. The van der Waals surface area contributed by atoms with Gasteiger partial charge in [0.25, 0.3) is 5.91 Å². The van der Waals surface area contributed by atoms with Crippen LogP contribution < -0.4 is 25.9 Å². The maximum absolute atomic E-state index is 13.0. The van der Waals surface area contributed by atoms with E-state index < -0.39 is 23.4 Å². The summed E-state index contributed by atoms with van der Waals surface area (Å²) >= 11 is 0. The summed E-state index contributed by atoms with van der Waals surface area (Å²) in [6, 6.07) is 6.55. The predicted octanol–water partition coefficient (Wildman–Crippen LogP) is 3.08. The molecule has 1 amide bonds. The lowest BCUT2D eigenvalue weighted by molar-refractivity contribution is -0.141. The van der Waals surface area contributed by atoms with Gasteiger partial charge in [0.2, 0.25) is 0 Å². The molecule has 0 spiro atoms. The van der Waals surface area contributed by atoms with Gasteiger partial charge in [-0.05, 0) is 81.6 Å². The lowest BCUT2D eigenvalue weighted by Gasteiger charge is -2.37. The van der Waals surface area contributed by atoms with E-state index in [1.54, 1.807) is 12.1 Å². The van der Waals surface area contributed by atoms with E-state index in [4.69, 9.17) is 14.5 Å². The zero-order valence-electron chi connectivity index (χ0n) is 22.5. The minimum absolute atomic E-state index is 0.0731. The van der Waals surface area contributed by atoms with E-state index in [2.05, 4.69) is 15.6 Å². The summed E-state index contributed by atoms with van der Waals surface area (Å²) in [5.74, 6) is 0.389. The van der Waals surface area contributed by atoms with Gasteiger partial charge in [0, 0.05) is 17.9 Å². The van der Waals surface area contributed by atoms with E-state index in [9.17, 15) is 23.1 Å². The second-order valence-corrected chi connectivity index (χ2v) is 11.0. The molecule has 5 rings (SSSR count). The molecule has 1 aromatic heterocycles. The highest BCUT2D eigenvalue weighted by atomic mass is 19.4. The largest absolute Gasteiger partial charge is 0.494 e. The Labute approximate surface area is 230 Å². The first-order valence-electron chi connectivity index (χ1n) is 13.8. The van der Waals surface area contributed by atoms with Crippen LogP contribution in [-0.2, 0) is 10.9 Å². The Morgan fingerprint density at radius 3 is 2.62 bits per heavy atom. The highest BCUT2D eigenvalue weighted by molar-refractivity contribution is 6.03. The van der Waals surface area contributed by atoms with Gasteiger partial charge in [-0.25, -0.2) is 4.98 Å². The number of nitrogens with one attached hydrogen (secondary N) is 2. The van der Waals surface area contributed by atoms with E-state index in [-0.39, 0.29) is 17.7 Å². The van der Waals surface area contributed by atoms with Crippen LogP contribution in [0.3, 0.4) is 0 Å². The number of aliphatic hydroxyl groups is 1. The molecule has 11 heteroatoms. The van der Waals surface area contributed by atoms with Crippen molar-refractivity contribution in [1.29, 1.82) is 0 Å². The predicted molar refractivity (Wildman–Crippen MR) is 143 cm³/mol. The highest BCUT2D eigenvalue weighted by Gasteiger charge is 2.37. The molecule has 1 saturated heterocycles. The molecule has 0 radical (unpaired) electrons. The molecular weight excluding hydrogens is 525 g/mol. The van der Waals surface area contributed by atoms with Crippen molar-refractivity contribution in [3.8, 4) is 5.75 Å². The number of carbonyl (C=O) groups is 1. The molecule has 2 fully saturated rings. The quantitative estimate of drug-likeness (QED) is 0.459. The van der Waals surface area contributed by atoms with Crippen molar-refractivity contribution >= 4 is 17.7 Å². The van der Waals surface area contributed by atoms with Crippen LogP contribution >= 0.6 is 0 Å². The number of aromatic nitrogens is 1. The lowest BCUT2D eigenvalue weighted by Crippen LogP contribution is -2.41. The van der Waals surface area contributed by atoms with Gasteiger partial charge < -0.3 is 25.2 Å². The summed E-state index contributed by atoms with van der Waals surface area (Å²) < 4.78 is 50.5. The number of fused-ring (bicyclic) bond motifs is 1. The molecule has 8 nitrogen and oxygen atoms in total. The Kier molecular flexibility index (Phi) is 8.44. The summed E-state index contributed by atoms with van der Waals surface area (Å²) in [4.78, 5) is 21.1. The van der Waals surface area contributed by atoms with E-state index in [0.717, 1.165) is 61.5 Å². The van der Waals surface area contributed by atoms with Crippen molar-refractivity contribution in [1.82, 2.24) is 10.3 Å². The third-order valence-corrected chi connectivity index (χ3v) is 8.13. The Morgan fingerprint density at radius 2 is 1.93 bits per heavy atom. The first-order valence-corrected chi connectivity index (χ1v) is 13.8. The fourth-order valence-electron chi connectivity index (χ4n) is 5.75. The summed E-state index contributed by atoms with van der Waals surface area (Å²) in [5.41, 5.74) is -1.98. The number of piperidine rings is 1. The fourth-order valence-corrected chi connectivity index (χ4v) is 5.75. The Morgan fingerprint density at radius 1 is 1.18 bits per heavy atom. The van der Waals surface area contributed by atoms with Crippen LogP contribution in [0.4, 0.5) is 18.9 Å². The van der Waals surface area contributed by atoms with Gasteiger partial charge in [0.1, 0.15) is 17.1 Å². The molecule has 1 aromatic carbocycles. The number of halogens is 3. The molecule has 3 heterocycles. The first-order chi connectivity index (χ1) is 19.1. The van der Waals surface area contributed by atoms with Crippen molar-refractivity contribution in [3.63, 3.8) is 0 Å². The second-order valence-electron chi connectivity index (χ2n) is 11.0. The van der Waals surface area contributed by atoms with Crippen LogP contribution in [0.25, 0.3) is 6.08 Å². The van der Waals surface area contributed by atoms with Gasteiger partial charge in [-0.2, -0.15) is 13.2 Å². The lowest BCUT2D eigenvalue weighted by atomic mass is 9.76. The Balaban J connectivity index is 1.22. The topological polar surface area (TPSA) is 105 Å². The molecule has 1 atom stereocenters. The first kappa shape index (κ1) is 28.5. The number of ether oxygens (including phenoxy) is 2. The average Bonchev–Trinajstić information content (AvgIpc) is 3.36. The van der Waals surface area contributed by atoms with Crippen LogP contribution in [0, 0.1) is 11.8 Å². The summed E-state index contributed by atoms with van der Waals surface area (Å²) in [6.45, 7) is 3.10. The fraction of sp³-hybridized carbons (Fsp3) is 0.552. The number of amides is 1. The van der Waals surface area contributed by atoms with Crippen LogP contribution in [0.1, 0.15) is 54.7 Å². The van der Waals surface area contributed by atoms with Crippen LogP contribution in [-0.4, -0.2) is 61.1 Å². The zero-order chi connectivity index (χ0) is 28.3. The van der Waals surface area contributed by atoms with Crippen LogP contribution in [0.15, 0.2) is 35.3 Å². The monoisotopic (exact) mass is 560 g/mol. The van der Waals surface area contributed by atoms with Crippen molar-refractivity contribution in [2.45, 2.75) is 56.3 Å². The Hall–Kier alpha value is -3.02. The third-order valence-electron chi connectivity index (χ3n) is 8.13. The highest BCUT2D eigenvalue weighted by Crippen LogP contribution is 2.36. The second kappa shape index (κ2) is 11.8. The molecule has 3 aliphatic rings. The number of methoxy groups -OCH3 is 1. The van der Waals surface area contributed by atoms with Crippen molar-refractivity contribution in [2.24, 2.45) is 16.8 Å². The van der Waals surface area contributed by atoms with E-state index >= 15 is 0 Å². The van der Waals surface area contributed by atoms with E-state index in [1.165, 1.54) is 13.2 Å². The van der Waals surface area contributed by atoms with Crippen LogP contribution in [0.5, 0.6) is 5.75 Å². The van der Waals surface area contributed by atoms with Gasteiger partial charge in [0.05, 0.1) is 36.4 Å². The molecule has 0 bridgehead atoms. The molecule has 2 aromatic rings. The van der Waals surface area contributed by atoms with Crippen molar-refractivity contribution in [3.05, 3.63) is 52.3 Å².